The third-order valence-corrected chi connectivity index (χ3v) is 3.88. The molecule has 2 aromatic rings. The van der Waals surface area contributed by atoms with Crippen LogP contribution in [-0.4, -0.2) is 38.2 Å². The summed E-state index contributed by atoms with van der Waals surface area (Å²) in [5.41, 5.74) is 3.71. The number of methoxy groups -OCH3 is 2. The van der Waals surface area contributed by atoms with E-state index >= 15 is 0 Å². The first-order valence-corrected chi connectivity index (χ1v) is 8.32. The van der Waals surface area contributed by atoms with Crippen LogP contribution in [0.5, 0.6) is 11.5 Å². The van der Waals surface area contributed by atoms with Crippen LogP contribution in [0, 0.1) is 13.8 Å². The number of hydrogen-bond donors (Lipinski definition) is 1. The summed E-state index contributed by atoms with van der Waals surface area (Å²) in [7, 11) is 3.02. The van der Waals surface area contributed by atoms with Crippen molar-refractivity contribution in [1.29, 1.82) is 0 Å². The van der Waals surface area contributed by atoms with Gasteiger partial charge < -0.3 is 19.5 Å². The van der Waals surface area contributed by atoms with Crippen LogP contribution in [0.15, 0.2) is 24.3 Å². The summed E-state index contributed by atoms with van der Waals surface area (Å²) in [6, 6.07) is 6.01. The first-order valence-electron chi connectivity index (χ1n) is 8.32. The Morgan fingerprint density at radius 1 is 1.15 bits per heavy atom. The lowest BCUT2D eigenvalue weighted by atomic mass is 10.0. The molecule has 0 saturated heterocycles. The van der Waals surface area contributed by atoms with E-state index in [-0.39, 0.29) is 17.5 Å². The Labute approximate surface area is 156 Å². The smallest absolute Gasteiger partial charge is 0.496 e. The maximum absolute atomic E-state index is 12.4. The summed E-state index contributed by atoms with van der Waals surface area (Å²) in [6.07, 6.45) is -4.76. The van der Waals surface area contributed by atoms with Gasteiger partial charge in [-0.25, -0.2) is 0 Å². The number of aromatic nitrogens is 1. The fourth-order valence-electron chi connectivity index (χ4n) is 2.75. The first kappa shape index (κ1) is 20.8. The zero-order valence-electron chi connectivity index (χ0n) is 15.9. The molecule has 0 aliphatic heterocycles. The molecule has 8 heteroatoms. The molecule has 0 aliphatic carbocycles. The molecular weight excluding hydrogens is 361 g/mol. The van der Waals surface area contributed by atoms with Crippen molar-refractivity contribution in [1.82, 2.24) is 4.98 Å². The molecule has 1 heterocycles. The van der Waals surface area contributed by atoms with Crippen molar-refractivity contribution in [2.24, 2.45) is 0 Å². The van der Waals surface area contributed by atoms with Crippen LogP contribution >= 0.6 is 0 Å². The molecule has 1 atom stereocenters. The molecule has 2 rings (SSSR count). The van der Waals surface area contributed by atoms with E-state index in [9.17, 15) is 13.2 Å². The molecule has 1 aromatic carbocycles. The standard InChI is InChI=1S/C19H23F3N2O3/c1-11-8-16(23-12(2)10-25-4)13(3)24-18(11)15-7-6-14(9-17(15)26-5)27-19(20,21)22/h6-9,12,23H,10H2,1-5H3/t12-/m0/s1. The molecular formula is C19H23F3N2O3. The minimum atomic E-state index is -4.76. The Balaban J connectivity index is 2.38. The number of rotatable bonds is 7. The van der Waals surface area contributed by atoms with E-state index in [4.69, 9.17) is 9.47 Å². The molecule has 1 N–H and O–H groups in total. The third-order valence-electron chi connectivity index (χ3n) is 3.88. The Morgan fingerprint density at radius 3 is 2.44 bits per heavy atom. The maximum atomic E-state index is 12.4. The molecule has 0 saturated carbocycles. The number of aryl methyl sites for hydroxylation is 2. The van der Waals surface area contributed by atoms with Crippen molar-refractivity contribution in [3.8, 4) is 22.8 Å². The van der Waals surface area contributed by atoms with Gasteiger partial charge in [-0.15, -0.1) is 13.2 Å². The van der Waals surface area contributed by atoms with Crippen molar-refractivity contribution >= 4 is 5.69 Å². The number of pyridine rings is 1. The van der Waals surface area contributed by atoms with Crippen LogP contribution in [0.1, 0.15) is 18.2 Å². The highest BCUT2D eigenvalue weighted by Gasteiger charge is 2.31. The molecule has 27 heavy (non-hydrogen) atoms. The minimum Gasteiger partial charge on any atom is -0.496 e. The lowest BCUT2D eigenvalue weighted by Gasteiger charge is -2.19. The molecule has 0 spiro atoms. The molecule has 5 nitrogen and oxygen atoms in total. The SMILES string of the molecule is COC[C@H](C)Nc1cc(C)c(-c2ccc(OC(F)(F)F)cc2OC)nc1C. The van der Waals surface area contributed by atoms with E-state index in [2.05, 4.69) is 15.0 Å². The van der Waals surface area contributed by atoms with Gasteiger partial charge in [-0.2, -0.15) is 0 Å². The monoisotopic (exact) mass is 384 g/mol. The second-order valence-corrected chi connectivity index (χ2v) is 6.20. The van der Waals surface area contributed by atoms with Crippen LogP contribution in [0.3, 0.4) is 0 Å². The summed E-state index contributed by atoms with van der Waals surface area (Å²) in [4.78, 5) is 4.62. The van der Waals surface area contributed by atoms with Crippen LogP contribution in [-0.2, 0) is 4.74 Å². The fraction of sp³-hybridized carbons (Fsp3) is 0.421. The van der Waals surface area contributed by atoms with Gasteiger partial charge in [0, 0.05) is 24.8 Å². The lowest BCUT2D eigenvalue weighted by molar-refractivity contribution is -0.274. The number of ether oxygens (including phenoxy) is 3. The Morgan fingerprint density at radius 2 is 1.85 bits per heavy atom. The number of nitrogens with one attached hydrogen (secondary N) is 1. The van der Waals surface area contributed by atoms with Gasteiger partial charge in [-0.3, -0.25) is 4.98 Å². The number of anilines is 1. The largest absolute Gasteiger partial charge is 0.573 e. The van der Waals surface area contributed by atoms with Gasteiger partial charge in [-0.05, 0) is 44.5 Å². The number of alkyl halides is 3. The molecule has 0 radical (unpaired) electrons. The summed E-state index contributed by atoms with van der Waals surface area (Å²) in [5.74, 6) is -0.0932. The van der Waals surface area contributed by atoms with Crippen molar-refractivity contribution in [2.75, 3.05) is 26.1 Å². The highest BCUT2D eigenvalue weighted by atomic mass is 19.4. The number of hydrogen-bond acceptors (Lipinski definition) is 5. The Bertz CT molecular complexity index is 794. The van der Waals surface area contributed by atoms with Gasteiger partial charge in [0.2, 0.25) is 0 Å². The van der Waals surface area contributed by atoms with E-state index in [1.165, 1.54) is 25.3 Å². The lowest BCUT2D eigenvalue weighted by Crippen LogP contribution is -2.21. The van der Waals surface area contributed by atoms with Gasteiger partial charge >= 0.3 is 6.36 Å². The highest BCUT2D eigenvalue weighted by molar-refractivity contribution is 5.73. The predicted molar refractivity (Wildman–Crippen MR) is 97.3 cm³/mol. The topological polar surface area (TPSA) is 52.6 Å². The highest BCUT2D eigenvalue weighted by Crippen LogP contribution is 2.36. The molecule has 1 aromatic heterocycles. The summed E-state index contributed by atoms with van der Waals surface area (Å²) in [5, 5.41) is 3.33. The molecule has 0 amide bonds. The van der Waals surface area contributed by atoms with Gasteiger partial charge in [-0.1, -0.05) is 0 Å². The van der Waals surface area contributed by atoms with Crippen LogP contribution in [0.2, 0.25) is 0 Å². The number of benzene rings is 1. The van der Waals surface area contributed by atoms with E-state index < -0.39 is 6.36 Å². The van der Waals surface area contributed by atoms with Crippen molar-refractivity contribution in [3.63, 3.8) is 0 Å². The third kappa shape index (κ3) is 5.50. The normalized spacial score (nSPS) is 12.6. The number of halogens is 3. The van der Waals surface area contributed by atoms with Gasteiger partial charge in [0.25, 0.3) is 0 Å². The zero-order valence-corrected chi connectivity index (χ0v) is 15.9. The maximum Gasteiger partial charge on any atom is 0.573 e. The Hall–Kier alpha value is -2.48. The van der Waals surface area contributed by atoms with Crippen LogP contribution < -0.4 is 14.8 Å². The molecule has 0 bridgehead atoms. The van der Waals surface area contributed by atoms with Crippen LogP contribution in [0.25, 0.3) is 11.3 Å². The van der Waals surface area contributed by atoms with Crippen LogP contribution in [0.4, 0.5) is 18.9 Å². The van der Waals surface area contributed by atoms with E-state index in [1.54, 1.807) is 7.11 Å². The Kier molecular flexibility index (Phi) is 6.54. The first-order chi connectivity index (χ1) is 12.6. The average Bonchev–Trinajstić information content (AvgIpc) is 2.56. The minimum absolute atomic E-state index is 0.106. The van der Waals surface area contributed by atoms with Gasteiger partial charge in [0.15, 0.2) is 0 Å². The molecule has 0 fully saturated rings. The predicted octanol–water partition coefficient (Wildman–Crippen LogP) is 4.72. The average molecular weight is 384 g/mol. The van der Waals surface area contributed by atoms with E-state index in [1.807, 2.05) is 26.8 Å². The summed E-state index contributed by atoms with van der Waals surface area (Å²) in [6.45, 7) is 6.29. The van der Waals surface area contributed by atoms with Crippen molar-refractivity contribution in [3.05, 3.63) is 35.5 Å². The second-order valence-electron chi connectivity index (χ2n) is 6.20. The fourth-order valence-corrected chi connectivity index (χ4v) is 2.75. The van der Waals surface area contributed by atoms with E-state index in [0.717, 1.165) is 16.9 Å². The van der Waals surface area contributed by atoms with Gasteiger partial charge in [0.05, 0.1) is 30.8 Å². The molecule has 0 unspecified atom stereocenters. The van der Waals surface area contributed by atoms with Crippen molar-refractivity contribution in [2.45, 2.75) is 33.2 Å². The van der Waals surface area contributed by atoms with Gasteiger partial charge in [0.1, 0.15) is 11.5 Å². The molecule has 148 valence electrons. The second kappa shape index (κ2) is 8.47. The zero-order chi connectivity index (χ0) is 20.2. The number of nitrogens with zero attached hydrogens (tertiary/aromatic N) is 1. The summed E-state index contributed by atoms with van der Waals surface area (Å²) >= 11 is 0. The summed E-state index contributed by atoms with van der Waals surface area (Å²) < 4.78 is 51.6. The van der Waals surface area contributed by atoms with Crippen molar-refractivity contribution < 1.29 is 27.4 Å². The quantitative estimate of drug-likeness (QED) is 0.749. The molecule has 0 aliphatic rings. The van der Waals surface area contributed by atoms with E-state index in [0.29, 0.717) is 17.9 Å².